The van der Waals surface area contributed by atoms with Crippen LogP contribution in [0.15, 0.2) is 36.1 Å². The van der Waals surface area contributed by atoms with Crippen molar-refractivity contribution >= 4 is 41.4 Å². The van der Waals surface area contributed by atoms with Crippen LogP contribution in [-0.2, 0) is 28.7 Å². The summed E-state index contributed by atoms with van der Waals surface area (Å²) in [4.78, 5) is 60.5. The number of thioether (sulfide) groups is 1. The van der Waals surface area contributed by atoms with Gasteiger partial charge in [0, 0.05) is 4.75 Å². The molecule has 14 nitrogen and oxygen atoms in total. The molecule has 6 atom stereocenters. The number of nitrogens with two attached hydrogens (primary N) is 1. The predicted octanol–water partition coefficient (Wildman–Crippen LogP) is -1.07. The van der Waals surface area contributed by atoms with Gasteiger partial charge >= 0.3 is 11.9 Å². The number of amides is 3. The van der Waals surface area contributed by atoms with E-state index < -0.39 is 64.3 Å². The molecule has 4 heterocycles. The second-order valence-corrected chi connectivity index (χ2v) is 11.5. The summed E-state index contributed by atoms with van der Waals surface area (Å²) in [6, 6.07) is 2.14. The number of aliphatic hydroxyl groups excluding tert-OH is 1. The van der Waals surface area contributed by atoms with Gasteiger partial charge in [0.25, 0.3) is 0 Å². The largest absolute Gasteiger partial charge is 0.508 e. The summed E-state index contributed by atoms with van der Waals surface area (Å²) >= 11 is 1.35. The number of ether oxygens (including phenoxy) is 1. The quantitative estimate of drug-likeness (QED) is 0.227. The average molecular weight is 565 g/mol. The molecule has 1 aromatic rings. The van der Waals surface area contributed by atoms with Gasteiger partial charge in [-0.15, -0.1) is 11.8 Å². The Morgan fingerprint density at radius 3 is 2.36 bits per heavy atom. The van der Waals surface area contributed by atoms with Gasteiger partial charge in [0.05, 0.1) is 13.0 Å². The van der Waals surface area contributed by atoms with E-state index in [1.165, 1.54) is 51.9 Å². The molecule has 0 saturated carbocycles. The summed E-state index contributed by atoms with van der Waals surface area (Å²) in [5.74, 6) is -3.16. The van der Waals surface area contributed by atoms with Crippen LogP contribution in [0.1, 0.15) is 31.9 Å². The number of aliphatic hydroxyl groups is 1. The zero-order chi connectivity index (χ0) is 28.8. The number of fused-ring (bicyclic) bond motifs is 2. The number of carboxylic acids is 2. The SMILES string of the molecule is CC1(C)S[C@@H]2[C@H](NC(=O)C(N)c3ccc(O)cc3)C(=O)N2[C@H]1C(=O)O.O=C(O)[C@H]1/C(=C/CO)O[C@@H]2CC(=O)N21. The van der Waals surface area contributed by atoms with Crippen LogP contribution < -0.4 is 11.1 Å². The molecule has 0 radical (unpaired) electrons. The molecule has 3 amide bonds. The molecule has 4 aliphatic heterocycles. The van der Waals surface area contributed by atoms with Crippen LogP contribution in [0.2, 0.25) is 0 Å². The summed E-state index contributed by atoms with van der Waals surface area (Å²) in [7, 11) is 0. The van der Waals surface area contributed by atoms with Crippen molar-refractivity contribution in [1.82, 2.24) is 15.1 Å². The Kier molecular flexibility index (Phi) is 7.51. The highest BCUT2D eigenvalue weighted by molar-refractivity contribution is 8.01. The number of β-lactam (4-membered cyclic amide) rings is 2. The number of benzene rings is 1. The summed E-state index contributed by atoms with van der Waals surface area (Å²) in [6.45, 7) is 3.24. The fourth-order valence-corrected chi connectivity index (χ4v) is 6.51. The van der Waals surface area contributed by atoms with Crippen molar-refractivity contribution < 1.29 is 49.1 Å². The number of carbonyl (C=O) groups is 5. The smallest absolute Gasteiger partial charge is 0.334 e. The highest BCUT2D eigenvalue weighted by atomic mass is 32.2. The summed E-state index contributed by atoms with van der Waals surface area (Å²) in [5, 5.41) is 38.4. The van der Waals surface area contributed by atoms with Crippen LogP contribution in [0, 0.1) is 0 Å². The van der Waals surface area contributed by atoms with E-state index in [1.807, 2.05) is 0 Å². The molecule has 4 saturated heterocycles. The van der Waals surface area contributed by atoms with Gasteiger partial charge in [-0.3, -0.25) is 19.3 Å². The van der Waals surface area contributed by atoms with Gasteiger partial charge in [0.15, 0.2) is 12.3 Å². The predicted molar refractivity (Wildman–Crippen MR) is 134 cm³/mol. The maximum Gasteiger partial charge on any atom is 0.334 e. The van der Waals surface area contributed by atoms with Gasteiger partial charge in [0.1, 0.15) is 35.0 Å². The Labute approximate surface area is 226 Å². The highest BCUT2D eigenvalue weighted by Gasteiger charge is 2.64. The highest BCUT2D eigenvalue weighted by Crippen LogP contribution is 2.50. The first-order chi connectivity index (χ1) is 18.3. The van der Waals surface area contributed by atoms with Crippen LogP contribution in [0.3, 0.4) is 0 Å². The number of hydrogen-bond donors (Lipinski definition) is 6. The molecule has 15 heteroatoms. The number of rotatable bonds is 6. The molecule has 0 bridgehead atoms. The molecule has 0 aliphatic carbocycles. The molecular formula is C24H28N4O10S. The normalized spacial score (nSPS) is 29.6. The van der Waals surface area contributed by atoms with Crippen molar-refractivity contribution in [2.45, 2.75) is 60.8 Å². The topological polar surface area (TPSA) is 220 Å². The lowest BCUT2D eigenvalue weighted by Crippen LogP contribution is -2.71. The van der Waals surface area contributed by atoms with Crippen molar-refractivity contribution in [2.24, 2.45) is 5.73 Å². The third-order valence-electron chi connectivity index (χ3n) is 6.80. The van der Waals surface area contributed by atoms with E-state index in [-0.39, 0.29) is 30.4 Å². The number of phenols is 1. The second kappa shape index (κ2) is 10.4. The molecule has 4 aliphatic rings. The van der Waals surface area contributed by atoms with Gasteiger partial charge in [0.2, 0.25) is 17.7 Å². The molecule has 39 heavy (non-hydrogen) atoms. The number of nitrogens with one attached hydrogen (secondary N) is 1. The van der Waals surface area contributed by atoms with Crippen molar-refractivity contribution in [3.63, 3.8) is 0 Å². The Morgan fingerprint density at radius 2 is 1.82 bits per heavy atom. The number of nitrogens with zero attached hydrogens (tertiary/aromatic N) is 2. The van der Waals surface area contributed by atoms with E-state index in [2.05, 4.69) is 5.32 Å². The van der Waals surface area contributed by atoms with Gasteiger partial charge in [-0.25, -0.2) is 9.59 Å². The number of carbonyl (C=O) groups excluding carboxylic acids is 3. The molecule has 7 N–H and O–H groups in total. The fourth-order valence-electron chi connectivity index (χ4n) is 4.88. The molecule has 1 unspecified atom stereocenters. The number of aliphatic carboxylic acids is 2. The molecule has 5 rings (SSSR count). The second-order valence-electron chi connectivity index (χ2n) is 9.76. The van der Waals surface area contributed by atoms with Crippen molar-refractivity contribution in [1.29, 1.82) is 0 Å². The first-order valence-electron chi connectivity index (χ1n) is 11.9. The number of carboxylic acid groups (broad SMARTS) is 2. The van der Waals surface area contributed by atoms with E-state index in [9.17, 15) is 34.2 Å². The van der Waals surface area contributed by atoms with E-state index in [0.717, 1.165) is 0 Å². The van der Waals surface area contributed by atoms with Crippen LogP contribution in [0.25, 0.3) is 0 Å². The lowest BCUT2D eigenvalue weighted by molar-refractivity contribution is -0.163. The van der Waals surface area contributed by atoms with Gasteiger partial charge in [-0.1, -0.05) is 12.1 Å². The Balaban J connectivity index is 0.000000212. The summed E-state index contributed by atoms with van der Waals surface area (Å²) in [5.41, 5.74) is 6.41. The van der Waals surface area contributed by atoms with Crippen molar-refractivity contribution in [3.05, 3.63) is 41.7 Å². The van der Waals surface area contributed by atoms with E-state index >= 15 is 0 Å². The van der Waals surface area contributed by atoms with Crippen LogP contribution in [0.5, 0.6) is 5.75 Å². The lowest BCUT2D eigenvalue weighted by Gasteiger charge is -2.43. The maximum atomic E-state index is 12.3. The third kappa shape index (κ3) is 4.99. The molecule has 0 spiro atoms. The minimum atomic E-state index is -1.14. The lowest BCUT2D eigenvalue weighted by atomic mass is 9.95. The monoisotopic (exact) mass is 564 g/mol. The first-order valence-corrected chi connectivity index (χ1v) is 12.8. The Hall–Kier alpha value is -3.82. The minimum absolute atomic E-state index is 0.0606. The van der Waals surface area contributed by atoms with Crippen molar-refractivity contribution in [3.8, 4) is 5.75 Å². The summed E-state index contributed by atoms with van der Waals surface area (Å²) < 4.78 is 4.52. The first kappa shape index (κ1) is 28.2. The molecule has 210 valence electrons. The van der Waals surface area contributed by atoms with Crippen LogP contribution in [-0.4, -0.2) is 101 Å². The standard InChI is InChI=1S/C16H19N3O5S.C8H9NO5/c1-16(2)11(15(23)24)19-13(22)10(14(19)25-16)18-12(21)9(17)7-3-5-8(20)6-4-7;10-2-1-4-7(8(12)13)9-5(11)3-6(9)14-4/h3-6,9-11,14,20H,17H2,1-2H3,(H,18,21)(H,23,24);1,6-7,10H,2-3H2,(H,12,13)/b;4-1-/t9?,10-,11+,14-;6-,7-/m11/s1. The summed E-state index contributed by atoms with van der Waals surface area (Å²) in [6.07, 6.45) is 1.03. The van der Waals surface area contributed by atoms with E-state index in [4.69, 9.17) is 20.7 Å². The zero-order valence-corrected chi connectivity index (χ0v) is 21.7. The third-order valence-corrected chi connectivity index (χ3v) is 8.37. The van der Waals surface area contributed by atoms with Gasteiger partial charge in [-0.2, -0.15) is 0 Å². The fraction of sp³-hybridized carbons (Fsp3) is 0.458. The van der Waals surface area contributed by atoms with Crippen molar-refractivity contribution in [2.75, 3.05) is 6.61 Å². The average Bonchev–Trinajstić information content (AvgIpc) is 3.31. The molecular weight excluding hydrogens is 536 g/mol. The zero-order valence-electron chi connectivity index (χ0n) is 20.9. The maximum absolute atomic E-state index is 12.3. The molecule has 0 aromatic heterocycles. The van der Waals surface area contributed by atoms with Gasteiger partial charge in [-0.05, 0) is 37.6 Å². The molecule has 1 aromatic carbocycles. The van der Waals surface area contributed by atoms with Crippen LogP contribution in [0.4, 0.5) is 0 Å². The van der Waals surface area contributed by atoms with E-state index in [1.54, 1.807) is 13.8 Å². The van der Waals surface area contributed by atoms with E-state index in [0.29, 0.717) is 5.56 Å². The molecule has 4 fully saturated rings. The Morgan fingerprint density at radius 1 is 1.18 bits per heavy atom. The number of aromatic hydroxyl groups is 1. The minimum Gasteiger partial charge on any atom is -0.508 e. The number of hydrogen-bond acceptors (Lipinski definition) is 10. The Bertz CT molecular complexity index is 1240. The number of phenolic OH excluding ortho intramolecular Hbond substituents is 1. The van der Waals surface area contributed by atoms with Gasteiger partial charge < -0.3 is 41.1 Å². The van der Waals surface area contributed by atoms with Crippen LogP contribution >= 0.6 is 11.8 Å².